The summed E-state index contributed by atoms with van der Waals surface area (Å²) in [6.07, 6.45) is 1.54. The first kappa shape index (κ1) is 26.6. The number of carbonyl (C=O) groups is 1. The highest BCUT2D eigenvalue weighted by Crippen LogP contribution is 2.30. The Balaban J connectivity index is 1.39. The molecule has 0 saturated heterocycles. The number of nitrogens with one attached hydrogen (secondary N) is 1. The Bertz CT molecular complexity index is 1660. The molecule has 5 rings (SSSR count). The van der Waals surface area contributed by atoms with E-state index in [0.717, 1.165) is 33.4 Å². The van der Waals surface area contributed by atoms with Gasteiger partial charge in [-0.1, -0.05) is 42.5 Å². The maximum absolute atomic E-state index is 14.9. The molecule has 202 valence electrons. The molecule has 7 nitrogen and oxygen atoms in total. The van der Waals surface area contributed by atoms with Gasteiger partial charge in [0.15, 0.2) is 11.5 Å². The molecule has 1 aromatic heterocycles. The number of rotatable bonds is 9. The third-order valence-electron chi connectivity index (χ3n) is 6.70. The van der Waals surface area contributed by atoms with Gasteiger partial charge in [-0.3, -0.25) is 4.79 Å². The number of aromatic nitrogens is 2. The van der Waals surface area contributed by atoms with Crippen LogP contribution < -0.4 is 14.8 Å². The summed E-state index contributed by atoms with van der Waals surface area (Å²) in [5.74, 6) is 1.05. The van der Waals surface area contributed by atoms with Gasteiger partial charge in [0.2, 0.25) is 0 Å². The Labute approximate surface area is 232 Å². The minimum atomic E-state index is -0.384. The fraction of sp³-hybridized carbons (Fsp3) is 0.156. The van der Waals surface area contributed by atoms with Crippen LogP contribution >= 0.6 is 0 Å². The highest BCUT2D eigenvalue weighted by atomic mass is 19.1. The van der Waals surface area contributed by atoms with Crippen molar-refractivity contribution in [3.8, 4) is 22.6 Å². The standard InChI is InChI=1S/C32H29FN4O3/c1-37(32(38)24-11-14-29(39-2)30(17-24)40-3)19-25-15-22(9-12-27(25)33)23-10-13-28-26(16-23)31(36-20-35-28)34-18-21-7-5-4-6-8-21/h4-17,20H,18-19H2,1-3H3,(H,34,35,36). The summed E-state index contributed by atoms with van der Waals surface area (Å²) in [7, 11) is 4.69. The Morgan fingerprint density at radius 2 is 1.62 bits per heavy atom. The van der Waals surface area contributed by atoms with Crippen molar-refractivity contribution in [2.45, 2.75) is 13.1 Å². The van der Waals surface area contributed by atoms with Gasteiger partial charge in [-0.15, -0.1) is 0 Å². The number of hydrogen-bond donors (Lipinski definition) is 1. The van der Waals surface area contributed by atoms with Crippen molar-refractivity contribution in [2.24, 2.45) is 0 Å². The molecule has 1 amide bonds. The molecule has 0 radical (unpaired) electrons. The number of amides is 1. The lowest BCUT2D eigenvalue weighted by atomic mass is 10.0. The SMILES string of the molecule is COc1ccc(C(=O)N(C)Cc2cc(-c3ccc4ncnc(NCc5ccccc5)c4c3)ccc2F)cc1OC. The number of methoxy groups -OCH3 is 2. The van der Waals surface area contributed by atoms with Crippen LogP contribution in [-0.4, -0.2) is 42.0 Å². The molecule has 8 heteroatoms. The van der Waals surface area contributed by atoms with Gasteiger partial charge >= 0.3 is 0 Å². The quantitative estimate of drug-likeness (QED) is 0.237. The van der Waals surface area contributed by atoms with Crippen molar-refractivity contribution in [3.05, 3.63) is 114 Å². The second-order valence-electron chi connectivity index (χ2n) is 9.33. The number of ether oxygens (including phenoxy) is 2. The first-order valence-electron chi connectivity index (χ1n) is 12.8. The molecule has 4 aromatic carbocycles. The molecule has 1 heterocycles. The largest absolute Gasteiger partial charge is 0.493 e. The van der Waals surface area contributed by atoms with Gasteiger partial charge in [-0.25, -0.2) is 14.4 Å². The van der Waals surface area contributed by atoms with Crippen LogP contribution in [0.5, 0.6) is 11.5 Å². The number of fused-ring (bicyclic) bond motifs is 1. The Morgan fingerprint density at radius 1 is 0.875 bits per heavy atom. The van der Waals surface area contributed by atoms with Crippen LogP contribution in [0.3, 0.4) is 0 Å². The van der Waals surface area contributed by atoms with Crippen LogP contribution in [0.25, 0.3) is 22.0 Å². The first-order valence-corrected chi connectivity index (χ1v) is 12.8. The summed E-state index contributed by atoms with van der Waals surface area (Å²) in [5, 5.41) is 4.26. The van der Waals surface area contributed by atoms with E-state index in [1.54, 1.807) is 37.4 Å². The van der Waals surface area contributed by atoms with E-state index in [1.165, 1.54) is 31.5 Å². The molecule has 0 spiro atoms. The third-order valence-corrected chi connectivity index (χ3v) is 6.70. The van der Waals surface area contributed by atoms with Crippen molar-refractivity contribution >= 4 is 22.6 Å². The molecule has 0 saturated carbocycles. The summed E-state index contributed by atoms with van der Waals surface area (Å²) in [6.45, 7) is 0.714. The fourth-order valence-corrected chi connectivity index (χ4v) is 4.55. The summed E-state index contributed by atoms with van der Waals surface area (Å²) in [6, 6.07) is 25.8. The molecule has 0 fully saturated rings. The molecule has 0 bridgehead atoms. The van der Waals surface area contributed by atoms with Crippen LogP contribution in [-0.2, 0) is 13.1 Å². The van der Waals surface area contributed by atoms with E-state index in [2.05, 4.69) is 27.4 Å². The van der Waals surface area contributed by atoms with Gasteiger partial charge < -0.3 is 19.7 Å². The zero-order chi connectivity index (χ0) is 28.1. The summed E-state index contributed by atoms with van der Waals surface area (Å²) in [5.41, 5.74) is 4.47. The summed E-state index contributed by atoms with van der Waals surface area (Å²) < 4.78 is 25.5. The lowest BCUT2D eigenvalue weighted by molar-refractivity contribution is 0.0783. The fourth-order valence-electron chi connectivity index (χ4n) is 4.55. The average molecular weight is 537 g/mol. The molecular formula is C32H29FN4O3. The van der Waals surface area contributed by atoms with Crippen molar-refractivity contribution in [3.63, 3.8) is 0 Å². The van der Waals surface area contributed by atoms with Crippen LogP contribution in [0, 0.1) is 5.82 Å². The minimum absolute atomic E-state index is 0.0907. The molecule has 0 atom stereocenters. The van der Waals surface area contributed by atoms with Crippen LogP contribution in [0.1, 0.15) is 21.5 Å². The Hall–Kier alpha value is -4.98. The van der Waals surface area contributed by atoms with E-state index in [9.17, 15) is 9.18 Å². The minimum Gasteiger partial charge on any atom is -0.493 e. The van der Waals surface area contributed by atoms with E-state index in [4.69, 9.17) is 9.47 Å². The molecule has 0 aliphatic rings. The van der Waals surface area contributed by atoms with E-state index in [-0.39, 0.29) is 18.3 Å². The molecular weight excluding hydrogens is 507 g/mol. The molecule has 0 unspecified atom stereocenters. The zero-order valence-corrected chi connectivity index (χ0v) is 22.5. The van der Waals surface area contributed by atoms with Crippen molar-refractivity contribution < 1.29 is 18.7 Å². The molecule has 0 aliphatic heterocycles. The van der Waals surface area contributed by atoms with Gasteiger partial charge in [0.05, 0.1) is 19.7 Å². The van der Waals surface area contributed by atoms with E-state index in [0.29, 0.717) is 29.2 Å². The van der Waals surface area contributed by atoms with Crippen LogP contribution in [0.15, 0.2) is 91.3 Å². The van der Waals surface area contributed by atoms with Gasteiger partial charge in [0, 0.05) is 36.7 Å². The molecule has 40 heavy (non-hydrogen) atoms. The topological polar surface area (TPSA) is 76.6 Å². The van der Waals surface area contributed by atoms with Gasteiger partial charge in [-0.05, 0) is 59.2 Å². The number of carbonyl (C=O) groups excluding carboxylic acids is 1. The number of halogens is 1. The zero-order valence-electron chi connectivity index (χ0n) is 22.5. The van der Waals surface area contributed by atoms with Gasteiger partial charge in [-0.2, -0.15) is 0 Å². The Morgan fingerprint density at radius 3 is 2.40 bits per heavy atom. The first-order chi connectivity index (χ1) is 19.5. The molecule has 1 N–H and O–H groups in total. The number of hydrogen-bond acceptors (Lipinski definition) is 6. The molecule has 5 aromatic rings. The monoisotopic (exact) mass is 536 g/mol. The highest BCUT2D eigenvalue weighted by molar-refractivity contribution is 5.95. The van der Waals surface area contributed by atoms with E-state index >= 15 is 0 Å². The smallest absolute Gasteiger partial charge is 0.254 e. The second kappa shape index (κ2) is 11.8. The van der Waals surface area contributed by atoms with E-state index < -0.39 is 0 Å². The number of nitrogens with zero attached hydrogens (tertiary/aromatic N) is 3. The Kier molecular flexibility index (Phi) is 7.87. The molecule has 0 aliphatic carbocycles. The number of anilines is 1. The third kappa shape index (κ3) is 5.71. The lowest BCUT2D eigenvalue weighted by Gasteiger charge is -2.19. The highest BCUT2D eigenvalue weighted by Gasteiger charge is 2.17. The van der Waals surface area contributed by atoms with Crippen molar-refractivity contribution in [1.29, 1.82) is 0 Å². The summed E-state index contributed by atoms with van der Waals surface area (Å²) >= 11 is 0. The summed E-state index contributed by atoms with van der Waals surface area (Å²) in [4.78, 5) is 23.5. The van der Waals surface area contributed by atoms with Gasteiger partial charge in [0.1, 0.15) is 18.0 Å². The predicted molar refractivity (Wildman–Crippen MR) is 154 cm³/mol. The van der Waals surface area contributed by atoms with Crippen LogP contribution in [0.2, 0.25) is 0 Å². The number of benzene rings is 4. The van der Waals surface area contributed by atoms with Crippen LogP contribution in [0.4, 0.5) is 10.2 Å². The van der Waals surface area contributed by atoms with Crippen molar-refractivity contribution in [2.75, 3.05) is 26.6 Å². The van der Waals surface area contributed by atoms with E-state index in [1.807, 2.05) is 36.4 Å². The average Bonchev–Trinajstić information content (AvgIpc) is 3.00. The van der Waals surface area contributed by atoms with Gasteiger partial charge in [0.25, 0.3) is 5.91 Å². The normalized spacial score (nSPS) is 10.8. The van der Waals surface area contributed by atoms with Crippen molar-refractivity contribution in [1.82, 2.24) is 14.9 Å². The predicted octanol–water partition coefficient (Wildman–Crippen LogP) is 6.34. The second-order valence-corrected chi connectivity index (χ2v) is 9.33. The maximum atomic E-state index is 14.9. The lowest BCUT2D eigenvalue weighted by Crippen LogP contribution is -2.26. The maximum Gasteiger partial charge on any atom is 0.254 e.